The average Bonchev–Trinajstić information content (AvgIpc) is 2.92. The number of hydrogen-bond acceptors (Lipinski definition) is 3. The summed E-state index contributed by atoms with van der Waals surface area (Å²) in [7, 11) is 0. The molecule has 1 saturated heterocycles. The van der Waals surface area contributed by atoms with E-state index in [1.807, 2.05) is 0 Å². The fourth-order valence-electron chi connectivity index (χ4n) is 3.73. The van der Waals surface area contributed by atoms with Gasteiger partial charge in [0.15, 0.2) is 0 Å². The lowest BCUT2D eigenvalue weighted by atomic mass is 9.77. The molecule has 0 aromatic heterocycles. The third kappa shape index (κ3) is 5.34. The Hall–Kier alpha value is -0.120. The van der Waals surface area contributed by atoms with Gasteiger partial charge in [0.2, 0.25) is 0 Å². The summed E-state index contributed by atoms with van der Waals surface area (Å²) in [4.78, 5) is 2.65. The molecule has 1 spiro atoms. The van der Waals surface area contributed by atoms with Gasteiger partial charge >= 0.3 is 0 Å². The van der Waals surface area contributed by atoms with Crippen LogP contribution in [-0.2, 0) is 4.74 Å². The van der Waals surface area contributed by atoms with Gasteiger partial charge in [-0.15, -0.1) is 0 Å². The molecule has 0 radical (unpaired) electrons. The lowest BCUT2D eigenvalue weighted by molar-refractivity contribution is 0.106. The number of rotatable bonds is 9. The summed E-state index contributed by atoms with van der Waals surface area (Å²) in [5.74, 6) is 0. The van der Waals surface area contributed by atoms with Crippen molar-refractivity contribution in [1.29, 1.82) is 0 Å². The van der Waals surface area contributed by atoms with Crippen molar-refractivity contribution in [2.24, 2.45) is 5.41 Å². The van der Waals surface area contributed by atoms with Crippen LogP contribution in [0.15, 0.2) is 0 Å². The van der Waals surface area contributed by atoms with Crippen molar-refractivity contribution in [3.05, 3.63) is 0 Å². The Morgan fingerprint density at radius 3 is 2.45 bits per heavy atom. The molecule has 1 aliphatic heterocycles. The van der Waals surface area contributed by atoms with E-state index < -0.39 is 0 Å². The van der Waals surface area contributed by atoms with E-state index in [1.165, 1.54) is 71.0 Å². The molecule has 2 rings (SSSR count). The van der Waals surface area contributed by atoms with Crippen LogP contribution in [0.5, 0.6) is 0 Å². The van der Waals surface area contributed by atoms with E-state index in [1.54, 1.807) is 0 Å². The number of ether oxygens (including phenoxy) is 1. The molecule has 3 heteroatoms. The van der Waals surface area contributed by atoms with Crippen LogP contribution in [0.1, 0.15) is 58.3 Å². The monoisotopic (exact) mass is 282 g/mol. The lowest BCUT2D eigenvalue weighted by Crippen LogP contribution is -2.42. The van der Waals surface area contributed by atoms with E-state index in [0.717, 1.165) is 31.7 Å². The Labute approximate surface area is 125 Å². The predicted molar refractivity (Wildman–Crippen MR) is 85.2 cm³/mol. The zero-order chi connectivity index (χ0) is 14.1. The molecule has 1 saturated carbocycles. The Balaban J connectivity index is 1.43. The Kier molecular flexibility index (Phi) is 7.32. The van der Waals surface area contributed by atoms with Crippen molar-refractivity contribution in [3.8, 4) is 0 Å². The number of nitrogens with zero attached hydrogens (tertiary/aromatic N) is 1. The summed E-state index contributed by atoms with van der Waals surface area (Å²) in [5, 5.41) is 3.50. The van der Waals surface area contributed by atoms with Crippen LogP contribution in [0.25, 0.3) is 0 Å². The summed E-state index contributed by atoms with van der Waals surface area (Å²) in [6.07, 6.45) is 11.3. The first-order valence-electron chi connectivity index (χ1n) is 8.85. The van der Waals surface area contributed by atoms with Crippen molar-refractivity contribution < 1.29 is 4.74 Å². The van der Waals surface area contributed by atoms with Gasteiger partial charge in [-0.1, -0.05) is 26.2 Å². The van der Waals surface area contributed by atoms with Crippen LogP contribution in [0.4, 0.5) is 0 Å². The van der Waals surface area contributed by atoms with E-state index in [9.17, 15) is 0 Å². The highest BCUT2D eigenvalue weighted by Gasteiger charge is 2.36. The van der Waals surface area contributed by atoms with Gasteiger partial charge in [-0.3, -0.25) is 0 Å². The highest BCUT2D eigenvalue weighted by molar-refractivity contribution is 4.89. The fourth-order valence-corrected chi connectivity index (χ4v) is 3.73. The maximum atomic E-state index is 5.55. The van der Waals surface area contributed by atoms with Crippen LogP contribution in [0.2, 0.25) is 0 Å². The van der Waals surface area contributed by atoms with Crippen LogP contribution >= 0.6 is 0 Å². The molecule has 0 unspecified atom stereocenters. The number of likely N-dealkylation sites (tertiary alicyclic amines) is 1. The molecule has 2 fully saturated rings. The minimum absolute atomic E-state index is 0.761. The SMILES string of the molecule is CCCCOCCNCCN1CCC2(CCCC2)CC1. The zero-order valence-corrected chi connectivity index (χ0v) is 13.5. The molecular formula is C17H34N2O. The molecule has 0 aromatic rings. The quantitative estimate of drug-likeness (QED) is 0.658. The van der Waals surface area contributed by atoms with Crippen LogP contribution in [-0.4, -0.2) is 50.8 Å². The summed E-state index contributed by atoms with van der Waals surface area (Å²) < 4.78 is 5.55. The van der Waals surface area contributed by atoms with Gasteiger partial charge in [-0.25, -0.2) is 0 Å². The topological polar surface area (TPSA) is 24.5 Å². The zero-order valence-electron chi connectivity index (χ0n) is 13.5. The first kappa shape index (κ1) is 16.3. The highest BCUT2D eigenvalue weighted by atomic mass is 16.5. The van der Waals surface area contributed by atoms with Crippen LogP contribution in [0, 0.1) is 5.41 Å². The van der Waals surface area contributed by atoms with Crippen LogP contribution in [0.3, 0.4) is 0 Å². The van der Waals surface area contributed by atoms with E-state index >= 15 is 0 Å². The molecule has 2 aliphatic rings. The molecule has 1 aliphatic carbocycles. The second-order valence-electron chi connectivity index (χ2n) is 6.76. The van der Waals surface area contributed by atoms with Crippen molar-refractivity contribution in [1.82, 2.24) is 10.2 Å². The van der Waals surface area contributed by atoms with Crippen molar-refractivity contribution in [3.63, 3.8) is 0 Å². The molecule has 1 heterocycles. The van der Waals surface area contributed by atoms with Gasteiger partial charge < -0.3 is 15.0 Å². The number of unbranched alkanes of at least 4 members (excludes halogenated alkanes) is 1. The molecule has 20 heavy (non-hydrogen) atoms. The van der Waals surface area contributed by atoms with Crippen molar-refractivity contribution >= 4 is 0 Å². The Bertz CT molecular complexity index is 241. The van der Waals surface area contributed by atoms with E-state index in [-0.39, 0.29) is 0 Å². The molecule has 0 aromatic carbocycles. The summed E-state index contributed by atoms with van der Waals surface area (Å²) in [6, 6.07) is 0. The molecule has 1 N–H and O–H groups in total. The minimum Gasteiger partial charge on any atom is -0.380 e. The summed E-state index contributed by atoms with van der Waals surface area (Å²) >= 11 is 0. The normalized spacial score (nSPS) is 22.6. The van der Waals surface area contributed by atoms with E-state index in [4.69, 9.17) is 4.74 Å². The van der Waals surface area contributed by atoms with Crippen molar-refractivity contribution in [2.75, 3.05) is 45.9 Å². The number of nitrogens with one attached hydrogen (secondary N) is 1. The van der Waals surface area contributed by atoms with Gasteiger partial charge in [0, 0.05) is 26.2 Å². The smallest absolute Gasteiger partial charge is 0.0590 e. The molecule has 0 atom stereocenters. The minimum atomic E-state index is 0.761. The second-order valence-corrected chi connectivity index (χ2v) is 6.76. The summed E-state index contributed by atoms with van der Waals surface area (Å²) in [6.45, 7) is 9.98. The predicted octanol–water partition coefficient (Wildman–Crippen LogP) is 3.05. The van der Waals surface area contributed by atoms with E-state index in [0.29, 0.717) is 0 Å². The molecule has 118 valence electrons. The third-order valence-corrected chi connectivity index (χ3v) is 5.25. The second kappa shape index (κ2) is 9.01. The standard InChI is InChI=1S/C17H34N2O/c1-2-3-15-20-16-11-18-10-14-19-12-8-17(9-13-19)6-4-5-7-17/h18H,2-16H2,1H3. The van der Waals surface area contributed by atoms with Gasteiger partial charge in [-0.05, 0) is 50.6 Å². The maximum Gasteiger partial charge on any atom is 0.0590 e. The van der Waals surface area contributed by atoms with Crippen LogP contribution < -0.4 is 5.32 Å². The van der Waals surface area contributed by atoms with E-state index in [2.05, 4.69) is 17.1 Å². The summed E-state index contributed by atoms with van der Waals surface area (Å²) in [5.41, 5.74) is 0.761. The van der Waals surface area contributed by atoms with Gasteiger partial charge in [0.25, 0.3) is 0 Å². The Morgan fingerprint density at radius 2 is 1.75 bits per heavy atom. The van der Waals surface area contributed by atoms with Crippen molar-refractivity contribution in [2.45, 2.75) is 58.3 Å². The molecular weight excluding hydrogens is 248 g/mol. The molecule has 3 nitrogen and oxygen atoms in total. The highest BCUT2D eigenvalue weighted by Crippen LogP contribution is 2.45. The first-order chi connectivity index (χ1) is 9.85. The largest absolute Gasteiger partial charge is 0.380 e. The van der Waals surface area contributed by atoms with Gasteiger partial charge in [0.1, 0.15) is 0 Å². The van der Waals surface area contributed by atoms with Gasteiger partial charge in [-0.2, -0.15) is 0 Å². The molecule has 0 amide bonds. The third-order valence-electron chi connectivity index (χ3n) is 5.25. The first-order valence-corrected chi connectivity index (χ1v) is 8.85. The molecule has 0 bridgehead atoms. The number of piperidine rings is 1. The fraction of sp³-hybridized carbons (Fsp3) is 1.00. The lowest BCUT2D eigenvalue weighted by Gasteiger charge is -2.39. The van der Waals surface area contributed by atoms with Gasteiger partial charge in [0.05, 0.1) is 6.61 Å². The maximum absolute atomic E-state index is 5.55. The average molecular weight is 282 g/mol. The number of hydrogen-bond donors (Lipinski definition) is 1. The Morgan fingerprint density at radius 1 is 1.00 bits per heavy atom.